The van der Waals surface area contributed by atoms with E-state index in [4.69, 9.17) is 0 Å². The summed E-state index contributed by atoms with van der Waals surface area (Å²) < 4.78 is 0. The number of hydrogen-bond donors (Lipinski definition) is 0. The summed E-state index contributed by atoms with van der Waals surface area (Å²) in [6.45, 7) is 0. The van der Waals surface area contributed by atoms with Crippen LogP contribution in [-0.4, -0.2) is 27.9 Å². The maximum Gasteiger partial charge on any atom is 0.316 e. The largest absolute Gasteiger partial charge is 0.316 e. The predicted octanol–water partition coefficient (Wildman–Crippen LogP) is 2.19. The van der Waals surface area contributed by atoms with Crippen LogP contribution in [0.15, 0.2) is 0 Å². The van der Waals surface area contributed by atoms with E-state index in [9.17, 15) is 0 Å². The SMILES string of the molecule is BrC1CCCCCC1.[MgH2]. The molecule has 0 heterocycles. The van der Waals surface area contributed by atoms with E-state index >= 15 is 0 Å². The number of halogens is 1. The molecular formula is C7H15BrMg. The molecule has 9 heavy (non-hydrogen) atoms. The van der Waals surface area contributed by atoms with Gasteiger partial charge < -0.3 is 0 Å². The molecule has 1 aliphatic carbocycles. The van der Waals surface area contributed by atoms with Gasteiger partial charge >= 0.3 is 23.1 Å². The molecule has 0 radical (unpaired) electrons. The van der Waals surface area contributed by atoms with Crippen molar-refractivity contribution in [2.45, 2.75) is 43.4 Å². The van der Waals surface area contributed by atoms with Gasteiger partial charge in [0, 0.05) is 4.83 Å². The Kier molecular flexibility index (Phi) is 6.82. The second-order valence-corrected chi connectivity index (χ2v) is 3.88. The summed E-state index contributed by atoms with van der Waals surface area (Å²) in [4.78, 5) is 0.838. The smallest absolute Gasteiger partial charge is 0.0891 e. The van der Waals surface area contributed by atoms with E-state index in [0.29, 0.717) is 0 Å². The highest BCUT2D eigenvalue weighted by molar-refractivity contribution is 9.09. The summed E-state index contributed by atoms with van der Waals surface area (Å²) in [5.41, 5.74) is 0. The molecule has 0 unspecified atom stereocenters. The molecule has 1 rings (SSSR count). The summed E-state index contributed by atoms with van der Waals surface area (Å²) in [5, 5.41) is 0. The van der Waals surface area contributed by atoms with Crippen molar-refractivity contribution in [1.82, 2.24) is 0 Å². The first kappa shape index (κ1) is 10.2. The molecule has 0 N–H and O–H groups in total. The van der Waals surface area contributed by atoms with Crippen LogP contribution < -0.4 is 0 Å². The summed E-state index contributed by atoms with van der Waals surface area (Å²) in [6, 6.07) is 0. The summed E-state index contributed by atoms with van der Waals surface area (Å²) in [7, 11) is 0. The van der Waals surface area contributed by atoms with Gasteiger partial charge in [-0.3, -0.25) is 0 Å². The molecular weight excluding hydrogens is 188 g/mol. The van der Waals surface area contributed by atoms with Crippen LogP contribution in [0.5, 0.6) is 0 Å². The fourth-order valence-electron chi connectivity index (χ4n) is 1.23. The predicted molar refractivity (Wildman–Crippen MR) is 49.0 cm³/mol. The molecule has 1 aliphatic rings. The average Bonchev–Trinajstić information content (AvgIpc) is 1.94. The van der Waals surface area contributed by atoms with Gasteiger partial charge in [0.05, 0.1) is 0 Å². The van der Waals surface area contributed by atoms with E-state index in [1.807, 2.05) is 0 Å². The second-order valence-electron chi connectivity index (χ2n) is 2.59. The lowest BCUT2D eigenvalue weighted by atomic mass is 10.2. The maximum atomic E-state index is 3.64. The molecule has 0 amide bonds. The van der Waals surface area contributed by atoms with Crippen molar-refractivity contribution >= 4 is 39.0 Å². The molecule has 0 aromatic rings. The minimum atomic E-state index is 0. The lowest BCUT2D eigenvalue weighted by molar-refractivity contribution is 0.702. The molecule has 1 saturated carbocycles. The van der Waals surface area contributed by atoms with E-state index in [1.165, 1.54) is 38.5 Å². The Morgan fingerprint density at radius 2 is 1.33 bits per heavy atom. The number of alkyl halides is 1. The Balaban J connectivity index is 0.000000640. The van der Waals surface area contributed by atoms with Gasteiger partial charge in [0.25, 0.3) is 0 Å². The highest BCUT2D eigenvalue weighted by atomic mass is 79.9. The van der Waals surface area contributed by atoms with Crippen LogP contribution in [0.1, 0.15) is 38.5 Å². The van der Waals surface area contributed by atoms with E-state index in [-0.39, 0.29) is 23.1 Å². The first-order chi connectivity index (χ1) is 3.89. The molecule has 1 fully saturated rings. The van der Waals surface area contributed by atoms with E-state index in [1.54, 1.807) is 0 Å². The zero-order valence-electron chi connectivity index (χ0n) is 5.20. The van der Waals surface area contributed by atoms with Crippen molar-refractivity contribution in [1.29, 1.82) is 0 Å². The molecule has 0 atom stereocenters. The van der Waals surface area contributed by atoms with Crippen LogP contribution in [0.3, 0.4) is 0 Å². The lowest BCUT2D eigenvalue weighted by Crippen LogP contribution is -1.91. The van der Waals surface area contributed by atoms with Gasteiger partial charge in [0.1, 0.15) is 0 Å². The highest BCUT2D eigenvalue weighted by Gasteiger charge is 2.06. The summed E-state index contributed by atoms with van der Waals surface area (Å²) in [5.74, 6) is 0. The Bertz CT molecular complexity index is 57.9. The Hall–Kier alpha value is 1.25. The van der Waals surface area contributed by atoms with Gasteiger partial charge in [-0.15, -0.1) is 0 Å². The lowest BCUT2D eigenvalue weighted by Gasteiger charge is -2.00. The van der Waals surface area contributed by atoms with Crippen molar-refractivity contribution in [2.75, 3.05) is 0 Å². The molecule has 0 nitrogen and oxygen atoms in total. The molecule has 2 heteroatoms. The fourth-order valence-corrected chi connectivity index (χ4v) is 1.88. The highest BCUT2D eigenvalue weighted by Crippen LogP contribution is 2.22. The van der Waals surface area contributed by atoms with Crippen LogP contribution >= 0.6 is 15.9 Å². The van der Waals surface area contributed by atoms with Crippen molar-refractivity contribution in [3.05, 3.63) is 0 Å². The van der Waals surface area contributed by atoms with Gasteiger partial charge in [-0.1, -0.05) is 41.6 Å². The van der Waals surface area contributed by atoms with Crippen molar-refractivity contribution in [3.63, 3.8) is 0 Å². The molecule has 0 aromatic carbocycles. The summed E-state index contributed by atoms with van der Waals surface area (Å²) in [6.07, 6.45) is 8.61. The average molecular weight is 203 g/mol. The van der Waals surface area contributed by atoms with Crippen molar-refractivity contribution in [3.8, 4) is 0 Å². The maximum absolute atomic E-state index is 3.64. The normalized spacial score (nSPS) is 22.3. The van der Waals surface area contributed by atoms with Gasteiger partial charge in [-0.25, -0.2) is 0 Å². The third-order valence-corrected chi connectivity index (χ3v) is 2.70. The zero-order valence-corrected chi connectivity index (χ0v) is 6.78. The molecule has 0 bridgehead atoms. The molecule has 0 spiro atoms. The topological polar surface area (TPSA) is 0 Å². The van der Waals surface area contributed by atoms with Gasteiger partial charge in [-0.2, -0.15) is 0 Å². The van der Waals surface area contributed by atoms with Gasteiger partial charge in [-0.05, 0) is 12.8 Å². The second kappa shape index (κ2) is 5.99. The van der Waals surface area contributed by atoms with E-state index in [0.717, 1.165) is 4.83 Å². The minimum absolute atomic E-state index is 0. The Morgan fingerprint density at radius 3 is 1.78 bits per heavy atom. The third kappa shape index (κ3) is 4.62. The van der Waals surface area contributed by atoms with Crippen LogP contribution in [0, 0.1) is 0 Å². The van der Waals surface area contributed by atoms with Gasteiger partial charge in [0.2, 0.25) is 0 Å². The van der Waals surface area contributed by atoms with E-state index in [2.05, 4.69) is 15.9 Å². The van der Waals surface area contributed by atoms with Crippen molar-refractivity contribution < 1.29 is 0 Å². The zero-order chi connectivity index (χ0) is 5.82. The quantitative estimate of drug-likeness (QED) is 0.322. The Morgan fingerprint density at radius 1 is 0.889 bits per heavy atom. The Labute approximate surface area is 82.1 Å². The van der Waals surface area contributed by atoms with Crippen LogP contribution in [-0.2, 0) is 0 Å². The van der Waals surface area contributed by atoms with Gasteiger partial charge in [0.15, 0.2) is 0 Å². The number of hydrogen-bond acceptors (Lipinski definition) is 0. The summed E-state index contributed by atoms with van der Waals surface area (Å²) >= 11 is 3.64. The first-order valence-electron chi connectivity index (χ1n) is 3.53. The number of rotatable bonds is 0. The molecule has 52 valence electrons. The fraction of sp³-hybridized carbons (Fsp3) is 1.00. The standard InChI is InChI=1S/C7H13Br.Mg.2H/c8-7-5-3-1-2-4-6-7;;;/h7H,1-6H2;;;. The van der Waals surface area contributed by atoms with Crippen LogP contribution in [0.25, 0.3) is 0 Å². The minimum Gasteiger partial charge on any atom is -0.0891 e. The molecule has 0 aliphatic heterocycles. The third-order valence-electron chi connectivity index (χ3n) is 1.78. The molecule has 0 saturated heterocycles. The first-order valence-corrected chi connectivity index (χ1v) is 4.45. The van der Waals surface area contributed by atoms with E-state index < -0.39 is 0 Å². The van der Waals surface area contributed by atoms with Crippen molar-refractivity contribution in [2.24, 2.45) is 0 Å². The molecule has 0 aromatic heterocycles. The monoisotopic (exact) mass is 202 g/mol. The van der Waals surface area contributed by atoms with Crippen LogP contribution in [0.4, 0.5) is 0 Å². The van der Waals surface area contributed by atoms with Crippen LogP contribution in [0.2, 0.25) is 0 Å².